The summed E-state index contributed by atoms with van der Waals surface area (Å²) in [5.74, 6) is 0.537. The SMILES string of the molecule is CCCCNc1nccn1-c1cc(Br)cc(C(F)(F)F)c1. The van der Waals surface area contributed by atoms with E-state index >= 15 is 0 Å². The number of rotatable bonds is 5. The van der Waals surface area contributed by atoms with Gasteiger partial charge >= 0.3 is 6.18 Å². The van der Waals surface area contributed by atoms with Crippen molar-refractivity contribution in [1.82, 2.24) is 9.55 Å². The van der Waals surface area contributed by atoms with Crippen molar-refractivity contribution in [1.29, 1.82) is 0 Å². The van der Waals surface area contributed by atoms with Gasteiger partial charge in [-0.2, -0.15) is 13.2 Å². The number of imidazole rings is 1. The van der Waals surface area contributed by atoms with Gasteiger partial charge in [0.05, 0.1) is 11.3 Å². The third-order valence-corrected chi connectivity index (χ3v) is 3.40. The Morgan fingerprint density at radius 3 is 2.71 bits per heavy atom. The Balaban J connectivity index is 2.34. The summed E-state index contributed by atoms with van der Waals surface area (Å²) in [4.78, 5) is 4.14. The number of hydrogen-bond donors (Lipinski definition) is 1. The van der Waals surface area contributed by atoms with Gasteiger partial charge in [0.15, 0.2) is 0 Å². The minimum Gasteiger partial charge on any atom is -0.355 e. The molecule has 0 spiro atoms. The number of halogens is 4. The van der Waals surface area contributed by atoms with Crippen LogP contribution in [0.1, 0.15) is 25.3 Å². The van der Waals surface area contributed by atoms with Gasteiger partial charge in [-0.3, -0.25) is 4.57 Å². The second-order valence-corrected chi connectivity index (χ2v) is 5.51. The second-order valence-electron chi connectivity index (χ2n) is 4.60. The molecule has 0 atom stereocenters. The minimum absolute atomic E-state index is 0.375. The number of alkyl halides is 3. The molecule has 0 unspecified atom stereocenters. The van der Waals surface area contributed by atoms with Gasteiger partial charge in [0.1, 0.15) is 0 Å². The zero-order valence-electron chi connectivity index (χ0n) is 11.4. The smallest absolute Gasteiger partial charge is 0.355 e. The molecule has 1 N–H and O–H groups in total. The van der Waals surface area contributed by atoms with Gasteiger partial charge in [-0.1, -0.05) is 29.3 Å². The summed E-state index contributed by atoms with van der Waals surface area (Å²) in [7, 11) is 0. The quantitative estimate of drug-likeness (QED) is 0.770. The Morgan fingerprint density at radius 2 is 2.05 bits per heavy atom. The van der Waals surface area contributed by atoms with E-state index in [1.54, 1.807) is 23.0 Å². The molecule has 2 aromatic rings. The van der Waals surface area contributed by atoms with Gasteiger partial charge in [-0.15, -0.1) is 0 Å². The number of nitrogens with zero attached hydrogens (tertiary/aromatic N) is 2. The van der Waals surface area contributed by atoms with E-state index in [-0.39, 0.29) is 0 Å². The van der Waals surface area contributed by atoms with Gasteiger partial charge in [0, 0.05) is 23.4 Å². The maximum absolute atomic E-state index is 12.9. The fraction of sp³-hybridized carbons (Fsp3) is 0.357. The van der Waals surface area contributed by atoms with E-state index in [1.807, 2.05) is 0 Å². The first-order valence-corrected chi connectivity index (χ1v) is 7.36. The summed E-state index contributed by atoms with van der Waals surface area (Å²) in [6.07, 6.45) is 0.815. The van der Waals surface area contributed by atoms with Crippen LogP contribution in [0.15, 0.2) is 35.1 Å². The molecular formula is C14H15BrF3N3. The predicted octanol–water partition coefficient (Wildman–Crippen LogP) is 4.87. The van der Waals surface area contributed by atoms with Crippen LogP contribution in [0.3, 0.4) is 0 Å². The molecule has 0 fully saturated rings. The molecule has 1 aromatic carbocycles. The zero-order valence-corrected chi connectivity index (χ0v) is 13.0. The van der Waals surface area contributed by atoms with Crippen LogP contribution in [0, 0.1) is 0 Å². The lowest BCUT2D eigenvalue weighted by Gasteiger charge is -2.13. The molecule has 3 nitrogen and oxygen atoms in total. The molecule has 0 saturated heterocycles. The number of hydrogen-bond acceptors (Lipinski definition) is 2. The van der Waals surface area contributed by atoms with E-state index < -0.39 is 11.7 Å². The fourth-order valence-corrected chi connectivity index (χ4v) is 2.38. The van der Waals surface area contributed by atoms with Gasteiger partial charge < -0.3 is 5.32 Å². The molecule has 0 bridgehead atoms. The van der Waals surface area contributed by atoms with E-state index in [4.69, 9.17) is 0 Å². The lowest BCUT2D eigenvalue weighted by Crippen LogP contribution is -2.09. The first-order chi connectivity index (χ1) is 9.91. The van der Waals surface area contributed by atoms with Crippen LogP contribution >= 0.6 is 15.9 Å². The summed E-state index contributed by atoms with van der Waals surface area (Å²) < 4.78 is 40.6. The molecule has 0 aliphatic rings. The summed E-state index contributed by atoms with van der Waals surface area (Å²) in [5.41, 5.74) is -0.284. The fourth-order valence-electron chi connectivity index (χ4n) is 1.90. The zero-order chi connectivity index (χ0) is 15.5. The highest BCUT2D eigenvalue weighted by molar-refractivity contribution is 9.10. The normalized spacial score (nSPS) is 11.7. The lowest BCUT2D eigenvalue weighted by atomic mass is 10.2. The average Bonchev–Trinajstić information content (AvgIpc) is 2.86. The molecule has 7 heteroatoms. The van der Waals surface area contributed by atoms with Gasteiger partial charge in [-0.05, 0) is 24.6 Å². The van der Waals surface area contributed by atoms with Gasteiger partial charge in [0.25, 0.3) is 0 Å². The van der Waals surface area contributed by atoms with Gasteiger partial charge in [-0.25, -0.2) is 4.98 Å². The molecule has 21 heavy (non-hydrogen) atoms. The third kappa shape index (κ3) is 4.00. The van der Waals surface area contributed by atoms with Crippen molar-refractivity contribution in [2.45, 2.75) is 25.9 Å². The Hall–Kier alpha value is -1.50. The van der Waals surface area contributed by atoms with Crippen molar-refractivity contribution in [3.8, 4) is 5.69 Å². The molecule has 0 radical (unpaired) electrons. The van der Waals surface area contributed by atoms with Crippen molar-refractivity contribution < 1.29 is 13.2 Å². The number of nitrogens with one attached hydrogen (secondary N) is 1. The van der Waals surface area contributed by atoms with Crippen LogP contribution in [0.5, 0.6) is 0 Å². The number of aromatic nitrogens is 2. The van der Waals surface area contributed by atoms with Crippen molar-refractivity contribution in [3.05, 3.63) is 40.6 Å². The summed E-state index contributed by atoms with van der Waals surface area (Å²) in [6.45, 7) is 2.80. The Kier molecular flexibility index (Phi) is 4.92. The van der Waals surface area contributed by atoms with Crippen LogP contribution < -0.4 is 5.32 Å². The topological polar surface area (TPSA) is 29.9 Å². The molecule has 1 aromatic heterocycles. The van der Waals surface area contributed by atoms with E-state index in [1.165, 1.54) is 0 Å². The Morgan fingerprint density at radius 1 is 1.29 bits per heavy atom. The Labute approximate surface area is 129 Å². The average molecular weight is 362 g/mol. The molecule has 0 aliphatic heterocycles. The highest BCUT2D eigenvalue weighted by atomic mass is 79.9. The number of anilines is 1. The van der Waals surface area contributed by atoms with Crippen LogP contribution in [-0.2, 0) is 6.18 Å². The first-order valence-electron chi connectivity index (χ1n) is 6.57. The summed E-state index contributed by atoms with van der Waals surface area (Å²) in [5, 5.41) is 3.13. The summed E-state index contributed by atoms with van der Waals surface area (Å²) >= 11 is 3.13. The van der Waals surface area contributed by atoms with Crippen LogP contribution in [-0.4, -0.2) is 16.1 Å². The van der Waals surface area contributed by atoms with E-state index in [9.17, 15) is 13.2 Å². The van der Waals surface area contributed by atoms with Crippen molar-refractivity contribution in [2.24, 2.45) is 0 Å². The maximum Gasteiger partial charge on any atom is 0.416 e. The summed E-state index contributed by atoms with van der Waals surface area (Å²) in [6, 6.07) is 3.80. The molecule has 0 saturated carbocycles. The largest absolute Gasteiger partial charge is 0.416 e. The Bertz CT molecular complexity index is 608. The van der Waals surface area contributed by atoms with Crippen LogP contribution in [0.2, 0.25) is 0 Å². The molecule has 114 valence electrons. The van der Waals surface area contributed by atoms with E-state index in [0.717, 1.165) is 31.5 Å². The monoisotopic (exact) mass is 361 g/mol. The van der Waals surface area contributed by atoms with E-state index in [0.29, 0.717) is 16.1 Å². The number of unbranched alkanes of at least 4 members (excludes halogenated alkanes) is 1. The second kappa shape index (κ2) is 6.51. The maximum atomic E-state index is 12.9. The van der Waals surface area contributed by atoms with Crippen molar-refractivity contribution in [3.63, 3.8) is 0 Å². The highest BCUT2D eigenvalue weighted by Crippen LogP contribution is 2.33. The van der Waals surface area contributed by atoms with Gasteiger partial charge in [0.2, 0.25) is 5.95 Å². The number of benzene rings is 1. The standard InChI is InChI=1S/C14H15BrF3N3/c1-2-3-4-19-13-20-5-6-21(13)12-8-10(14(16,17)18)7-11(15)9-12/h5-9H,2-4H2,1H3,(H,19,20). The highest BCUT2D eigenvalue weighted by Gasteiger charge is 2.31. The molecule has 0 aliphatic carbocycles. The van der Waals surface area contributed by atoms with Crippen LogP contribution in [0.4, 0.5) is 19.1 Å². The molecule has 2 rings (SSSR count). The predicted molar refractivity (Wildman–Crippen MR) is 79.7 cm³/mol. The van der Waals surface area contributed by atoms with E-state index in [2.05, 4.69) is 33.2 Å². The molecule has 0 amide bonds. The molecule has 1 heterocycles. The first kappa shape index (κ1) is 15.9. The third-order valence-electron chi connectivity index (χ3n) is 2.94. The van der Waals surface area contributed by atoms with Crippen molar-refractivity contribution >= 4 is 21.9 Å². The minimum atomic E-state index is -4.38. The van der Waals surface area contributed by atoms with Crippen molar-refractivity contribution in [2.75, 3.05) is 11.9 Å². The van der Waals surface area contributed by atoms with Crippen LogP contribution in [0.25, 0.3) is 5.69 Å². The lowest BCUT2D eigenvalue weighted by molar-refractivity contribution is -0.137. The molecular weight excluding hydrogens is 347 g/mol.